The molecule has 0 saturated heterocycles. The third kappa shape index (κ3) is 3.84. The number of nitrogens with zero attached hydrogens (tertiary/aromatic N) is 1. The van der Waals surface area contributed by atoms with E-state index in [0.29, 0.717) is 12.0 Å². The molecular formula is C22H20BNO7. The van der Waals surface area contributed by atoms with Crippen molar-refractivity contribution in [2.24, 2.45) is 0 Å². The van der Waals surface area contributed by atoms with Crippen molar-refractivity contribution in [1.82, 2.24) is 4.90 Å². The maximum absolute atomic E-state index is 12.6. The van der Waals surface area contributed by atoms with Crippen molar-refractivity contribution in [2.45, 2.75) is 25.6 Å². The molecule has 4 rings (SSSR count). The van der Waals surface area contributed by atoms with Crippen LogP contribution in [0.25, 0.3) is 0 Å². The highest BCUT2D eigenvalue weighted by Crippen LogP contribution is 2.36. The number of carbonyl (C=O) groups excluding carboxylic acids is 4. The summed E-state index contributed by atoms with van der Waals surface area (Å²) in [5, 5.41) is 10.4. The second-order valence-corrected chi connectivity index (χ2v) is 7.47. The zero-order valence-electron chi connectivity index (χ0n) is 16.9. The number of carbonyl (C=O) groups is 4. The van der Waals surface area contributed by atoms with Gasteiger partial charge in [0.2, 0.25) is 0 Å². The summed E-state index contributed by atoms with van der Waals surface area (Å²) in [5.74, 6) is -2.25. The van der Waals surface area contributed by atoms with Crippen LogP contribution in [-0.2, 0) is 16.0 Å². The number of amides is 2. The minimum Gasteiger partial charge on any atom is -0.535 e. The van der Waals surface area contributed by atoms with E-state index in [0.717, 1.165) is 4.90 Å². The molecule has 0 radical (unpaired) electrons. The molecule has 0 fully saturated rings. The van der Waals surface area contributed by atoms with Crippen LogP contribution in [0.1, 0.15) is 50.0 Å². The van der Waals surface area contributed by atoms with Gasteiger partial charge in [0, 0.05) is 12.2 Å². The van der Waals surface area contributed by atoms with Gasteiger partial charge in [-0.3, -0.25) is 19.3 Å². The first-order valence-electron chi connectivity index (χ1n) is 10.0. The second-order valence-electron chi connectivity index (χ2n) is 7.47. The van der Waals surface area contributed by atoms with E-state index in [9.17, 15) is 24.2 Å². The third-order valence-corrected chi connectivity index (χ3v) is 5.42. The van der Waals surface area contributed by atoms with E-state index < -0.39 is 30.7 Å². The molecule has 8 nitrogen and oxygen atoms in total. The van der Waals surface area contributed by atoms with Gasteiger partial charge in [-0.1, -0.05) is 24.3 Å². The summed E-state index contributed by atoms with van der Waals surface area (Å²) in [6.07, 6.45) is 0.218. The predicted octanol–water partition coefficient (Wildman–Crippen LogP) is 1.90. The molecule has 9 heteroatoms. The molecule has 0 spiro atoms. The summed E-state index contributed by atoms with van der Waals surface area (Å²) in [6.45, 7) is 1.53. The molecule has 0 saturated carbocycles. The van der Waals surface area contributed by atoms with Crippen molar-refractivity contribution in [1.29, 1.82) is 0 Å². The molecule has 2 aromatic carbocycles. The molecule has 2 aliphatic heterocycles. The van der Waals surface area contributed by atoms with E-state index in [1.165, 1.54) is 0 Å². The minimum atomic E-state index is -1.31. The van der Waals surface area contributed by atoms with Crippen LogP contribution >= 0.6 is 0 Å². The van der Waals surface area contributed by atoms with Crippen molar-refractivity contribution in [3.63, 3.8) is 0 Å². The van der Waals surface area contributed by atoms with Crippen LogP contribution in [0.5, 0.6) is 5.75 Å². The number of ether oxygens (including phenoxy) is 1. The van der Waals surface area contributed by atoms with Gasteiger partial charge in [-0.2, -0.15) is 0 Å². The average Bonchev–Trinajstić information content (AvgIpc) is 2.99. The van der Waals surface area contributed by atoms with Gasteiger partial charge in [0.05, 0.1) is 24.3 Å². The first-order chi connectivity index (χ1) is 14.9. The molecule has 1 atom stereocenters. The fourth-order valence-corrected chi connectivity index (χ4v) is 3.94. The van der Waals surface area contributed by atoms with E-state index in [2.05, 4.69) is 0 Å². The summed E-state index contributed by atoms with van der Waals surface area (Å²) in [6, 6.07) is 11.4. The lowest BCUT2D eigenvalue weighted by Crippen LogP contribution is -2.39. The van der Waals surface area contributed by atoms with Crippen molar-refractivity contribution in [3.05, 3.63) is 64.7 Å². The minimum absolute atomic E-state index is 0.0857. The van der Waals surface area contributed by atoms with Crippen molar-refractivity contribution in [2.75, 3.05) is 13.2 Å². The molecule has 158 valence electrons. The Balaban J connectivity index is 1.45. The Morgan fingerprint density at radius 1 is 1.13 bits per heavy atom. The maximum Gasteiger partial charge on any atom is 0.526 e. The normalized spacial score (nSPS) is 17.2. The van der Waals surface area contributed by atoms with Crippen molar-refractivity contribution < 1.29 is 33.6 Å². The number of esters is 1. The molecule has 2 amide bonds. The molecule has 0 bridgehead atoms. The van der Waals surface area contributed by atoms with E-state index in [-0.39, 0.29) is 47.8 Å². The molecule has 0 aliphatic carbocycles. The zero-order chi connectivity index (χ0) is 22.1. The first-order valence-corrected chi connectivity index (χ1v) is 10.0. The smallest absolute Gasteiger partial charge is 0.526 e. The van der Waals surface area contributed by atoms with E-state index in [4.69, 9.17) is 9.39 Å². The van der Waals surface area contributed by atoms with Crippen LogP contribution in [0.15, 0.2) is 42.5 Å². The number of hydrogen-bond donors (Lipinski definition) is 1. The molecule has 0 aromatic heterocycles. The third-order valence-electron chi connectivity index (χ3n) is 5.42. The van der Waals surface area contributed by atoms with E-state index in [1.807, 2.05) is 0 Å². The van der Waals surface area contributed by atoms with Gasteiger partial charge in [0.1, 0.15) is 11.3 Å². The number of fused-ring (bicyclic) bond motifs is 2. The molecule has 2 aromatic rings. The van der Waals surface area contributed by atoms with Gasteiger partial charge >= 0.3 is 13.1 Å². The summed E-state index contributed by atoms with van der Waals surface area (Å²) < 4.78 is 10.6. The van der Waals surface area contributed by atoms with E-state index in [1.54, 1.807) is 49.4 Å². The Kier molecular flexibility index (Phi) is 5.60. The van der Waals surface area contributed by atoms with Crippen LogP contribution in [0, 0.1) is 0 Å². The Labute approximate surface area is 178 Å². The summed E-state index contributed by atoms with van der Waals surface area (Å²) in [5.41, 5.74) is 1.45. The molecule has 2 aliphatic rings. The van der Waals surface area contributed by atoms with Gasteiger partial charge in [0.25, 0.3) is 11.8 Å². The molecule has 31 heavy (non-hydrogen) atoms. The number of para-hydroxylation sites is 1. The number of hydrogen-bond acceptors (Lipinski definition) is 7. The quantitative estimate of drug-likeness (QED) is 0.431. The van der Waals surface area contributed by atoms with Crippen molar-refractivity contribution >= 4 is 30.7 Å². The maximum atomic E-state index is 12.6. The average molecular weight is 421 g/mol. The summed E-state index contributed by atoms with van der Waals surface area (Å²) in [4.78, 5) is 50.6. The Morgan fingerprint density at radius 3 is 2.45 bits per heavy atom. The highest BCUT2D eigenvalue weighted by Gasteiger charge is 2.40. The predicted molar refractivity (Wildman–Crippen MR) is 110 cm³/mol. The molecular weight excluding hydrogens is 401 g/mol. The monoisotopic (exact) mass is 421 g/mol. The highest BCUT2D eigenvalue weighted by molar-refractivity contribution is 6.47. The van der Waals surface area contributed by atoms with Crippen LogP contribution in [0.4, 0.5) is 0 Å². The number of rotatable bonds is 6. The van der Waals surface area contributed by atoms with Gasteiger partial charge in [-0.05, 0) is 37.1 Å². The molecule has 0 unspecified atom stereocenters. The second kappa shape index (κ2) is 8.35. The standard InChI is InChI=1S/C22H20BNO7/c1-2-30-22(28)18-9-5-6-13-10-14(23(29)31-19(13)18)11-15(25)12-24-20(26)16-7-3-4-8-17(16)21(24)27/h3-9,14,29H,2,10-12H2,1H3/t14-/m1/s1. The Bertz CT molecular complexity index is 1050. The Morgan fingerprint density at radius 2 is 1.81 bits per heavy atom. The van der Waals surface area contributed by atoms with Crippen LogP contribution < -0.4 is 4.65 Å². The molecule has 2 heterocycles. The van der Waals surface area contributed by atoms with Crippen LogP contribution in [0.3, 0.4) is 0 Å². The topological polar surface area (TPSA) is 110 Å². The van der Waals surface area contributed by atoms with Gasteiger partial charge < -0.3 is 14.4 Å². The van der Waals surface area contributed by atoms with Gasteiger partial charge in [-0.25, -0.2) is 4.79 Å². The largest absolute Gasteiger partial charge is 0.535 e. The van der Waals surface area contributed by atoms with Crippen LogP contribution in [-0.4, -0.2) is 53.8 Å². The fourth-order valence-electron chi connectivity index (χ4n) is 3.94. The number of imide groups is 1. The highest BCUT2D eigenvalue weighted by atomic mass is 16.5. The number of benzene rings is 2. The fraction of sp³-hybridized carbons (Fsp3) is 0.273. The number of Topliss-reactive ketones (excluding diaryl/α,β-unsaturated/α-hetero) is 1. The first kappa shape index (κ1) is 20.8. The summed E-state index contributed by atoms with van der Waals surface area (Å²) >= 11 is 0. The lowest BCUT2D eigenvalue weighted by molar-refractivity contribution is -0.119. The lowest BCUT2D eigenvalue weighted by Gasteiger charge is -2.28. The summed E-state index contributed by atoms with van der Waals surface area (Å²) in [7, 11) is -1.31. The zero-order valence-corrected chi connectivity index (χ0v) is 16.9. The van der Waals surface area contributed by atoms with Gasteiger partial charge in [0.15, 0.2) is 5.78 Å². The number of ketones is 1. The van der Waals surface area contributed by atoms with E-state index >= 15 is 0 Å². The van der Waals surface area contributed by atoms with Crippen LogP contribution in [0.2, 0.25) is 5.82 Å². The lowest BCUT2D eigenvalue weighted by atomic mass is 9.64. The van der Waals surface area contributed by atoms with Crippen molar-refractivity contribution in [3.8, 4) is 5.75 Å². The van der Waals surface area contributed by atoms with Gasteiger partial charge in [-0.15, -0.1) is 0 Å². The molecule has 1 N–H and O–H groups in total. The Hall–Kier alpha value is -3.46. The SMILES string of the molecule is CCOC(=O)c1cccc2c1OB(O)[C@@H](CC(=O)CN1C(=O)c3ccccc3C1=O)C2.